The molecule has 1 amide bonds. The monoisotopic (exact) mass is 544 g/mol. The summed E-state index contributed by atoms with van der Waals surface area (Å²) in [7, 11) is -0.901. The van der Waals surface area contributed by atoms with E-state index in [4.69, 9.17) is 4.74 Å². The predicted molar refractivity (Wildman–Crippen MR) is 137 cm³/mol. The minimum Gasteiger partial charge on any atom is -0.495 e. The number of nitrogens with one attached hydrogen (secondary N) is 1. The van der Waals surface area contributed by atoms with Crippen LogP contribution in [-0.2, 0) is 10.0 Å². The van der Waals surface area contributed by atoms with Gasteiger partial charge < -0.3 is 10.1 Å². The van der Waals surface area contributed by atoms with E-state index in [1.807, 2.05) is 37.3 Å². The molecule has 1 heterocycles. The normalized spacial score (nSPS) is 11.4. The maximum absolute atomic E-state index is 13.3. The molecule has 0 atom stereocenters. The van der Waals surface area contributed by atoms with E-state index in [2.05, 4.69) is 21.2 Å². The second-order valence-corrected chi connectivity index (χ2v) is 11.4. The van der Waals surface area contributed by atoms with E-state index in [0.717, 1.165) is 20.1 Å². The number of hydrogen-bond acceptors (Lipinski definition) is 5. The fraction of sp³-hybridized carbons (Fsp3) is 0.125. The fourth-order valence-corrected chi connectivity index (χ4v) is 6.13. The van der Waals surface area contributed by atoms with Crippen LogP contribution in [0.15, 0.2) is 76.1 Å². The van der Waals surface area contributed by atoms with Gasteiger partial charge in [0.05, 0.1) is 17.7 Å². The third-order valence-corrected chi connectivity index (χ3v) is 8.54. The van der Waals surface area contributed by atoms with Crippen LogP contribution in [0.2, 0.25) is 0 Å². The summed E-state index contributed by atoms with van der Waals surface area (Å²) in [5.74, 6) is 0.0666. The molecule has 33 heavy (non-hydrogen) atoms. The number of anilines is 2. The molecule has 1 N–H and O–H groups in total. The third-order valence-electron chi connectivity index (χ3n) is 5.13. The van der Waals surface area contributed by atoms with Gasteiger partial charge in [0.15, 0.2) is 0 Å². The Morgan fingerprint density at radius 1 is 1.06 bits per heavy atom. The maximum Gasteiger partial charge on any atom is 0.267 e. The van der Waals surface area contributed by atoms with Gasteiger partial charge in [-0.05, 0) is 72.5 Å². The summed E-state index contributed by atoms with van der Waals surface area (Å²) >= 11 is 4.74. The molecule has 0 spiro atoms. The van der Waals surface area contributed by atoms with Crippen LogP contribution in [0.3, 0.4) is 0 Å². The summed E-state index contributed by atoms with van der Waals surface area (Å²) in [6.45, 7) is 1.83. The van der Waals surface area contributed by atoms with Crippen molar-refractivity contribution in [3.05, 3.63) is 81.6 Å². The highest BCUT2D eigenvalue weighted by Crippen LogP contribution is 2.34. The van der Waals surface area contributed by atoms with Crippen molar-refractivity contribution >= 4 is 64.7 Å². The second kappa shape index (κ2) is 9.17. The van der Waals surface area contributed by atoms with Crippen LogP contribution in [0, 0.1) is 6.92 Å². The Morgan fingerprint density at radius 2 is 1.85 bits per heavy atom. The van der Waals surface area contributed by atoms with E-state index in [-0.39, 0.29) is 16.6 Å². The second-order valence-electron chi connectivity index (χ2n) is 7.42. The van der Waals surface area contributed by atoms with Crippen LogP contribution in [0.1, 0.15) is 15.2 Å². The van der Waals surface area contributed by atoms with Gasteiger partial charge in [0.25, 0.3) is 15.9 Å². The highest BCUT2D eigenvalue weighted by atomic mass is 79.9. The molecule has 0 radical (unpaired) electrons. The Kier molecular flexibility index (Phi) is 6.47. The van der Waals surface area contributed by atoms with E-state index < -0.39 is 10.0 Å². The molecule has 0 unspecified atom stereocenters. The summed E-state index contributed by atoms with van der Waals surface area (Å²) < 4.78 is 34.9. The first kappa shape index (κ1) is 23.3. The Labute approximate surface area is 205 Å². The number of rotatable bonds is 6. The molecule has 4 aromatic rings. The smallest absolute Gasteiger partial charge is 0.267 e. The first-order chi connectivity index (χ1) is 15.7. The fourth-order valence-electron chi connectivity index (χ4n) is 3.37. The van der Waals surface area contributed by atoms with Crippen molar-refractivity contribution in [2.24, 2.45) is 0 Å². The third kappa shape index (κ3) is 4.75. The quantitative estimate of drug-likeness (QED) is 0.320. The Balaban J connectivity index is 1.64. The predicted octanol–water partition coefficient (Wildman–Crippen LogP) is 6.06. The number of thiophene rings is 1. The number of ether oxygens (including phenoxy) is 1. The van der Waals surface area contributed by atoms with Crippen LogP contribution >= 0.6 is 27.3 Å². The van der Waals surface area contributed by atoms with E-state index >= 15 is 0 Å². The standard InChI is InChI=1S/C24H21BrN2O4S2/c1-15-7-9-20(31-3)23(11-15)33(29,30)27(2)19-8-10-21-16(12-19)13-22(32-21)24(28)26-18-6-4-5-17(25)14-18/h4-14H,1-3H3,(H,26,28). The van der Waals surface area contributed by atoms with Gasteiger partial charge in [0, 0.05) is 21.9 Å². The Bertz CT molecular complexity index is 1460. The lowest BCUT2D eigenvalue weighted by Gasteiger charge is -2.21. The summed E-state index contributed by atoms with van der Waals surface area (Å²) in [4.78, 5) is 13.4. The topological polar surface area (TPSA) is 75.7 Å². The number of halogens is 1. The van der Waals surface area contributed by atoms with Crippen LogP contribution in [-0.4, -0.2) is 28.5 Å². The molecule has 1 aromatic heterocycles. The number of fused-ring (bicyclic) bond motifs is 1. The van der Waals surface area contributed by atoms with Crippen molar-refractivity contribution in [1.82, 2.24) is 0 Å². The van der Waals surface area contributed by atoms with Gasteiger partial charge in [-0.3, -0.25) is 9.10 Å². The average Bonchev–Trinajstić information content (AvgIpc) is 3.22. The summed E-state index contributed by atoms with van der Waals surface area (Å²) in [6.07, 6.45) is 0. The van der Waals surface area contributed by atoms with Crippen LogP contribution in [0.25, 0.3) is 10.1 Å². The molecule has 9 heteroatoms. The first-order valence-corrected chi connectivity index (χ1v) is 13.0. The number of carbonyl (C=O) groups is 1. The molecule has 0 aliphatic heterocycles. The van der Waals surface area contributed by atoms with Gasteiger partial charge in [-0.2, -0.15) is 0 Å². The number of methoxy groups -OCH3 is 1. The zero-order chi connectivity index (χ0) is 23.8. The van der Waals surface area contributed by atoms with Gasteiger partial charge in [-0.25, -0.2) is 8.42 Å². The van der Waals surface area contributed by atoms with Crippen molar-refractivity contribution in [3.8, 4) is 5.75 Å². The first-order valence-electron chi connectivity index (χ1n) is 9.93. The van der Waals surface area contributed by atoms with Crippen molar-refractivity contribution in [2.45, 2.75) is 11.8 Å². The van der Waals surface area contributed by atoms with E-state index in [0.29, 0.717) is 16.3 Å². The van der Waals surface area contributed by atoms with Crippen LogP contribution in [0.4, 0.5) is 11.4 Å². The van der Waals surface area contributed by atoms with Gasteiger partial charge in [0.1, 0.15) is 10.6 Å². The van der Waals surface area contributed by atoms with Crippen molar-refractivity contribution < 1.29 is 17.9 Å². The molecule has 0 saturated carbocycles. The minimum absolute atomic E-state index is 0.104. The minimum atomic E-state index is -3.85. The Morgan fingerprint density at radius 3 is 2.58 bits per heavy atom. The summed E-state index contributed by atoms with van der Waals surface area (Å²) in [6, 6.07) is 19.5. The molecule has 0 aliphatic carbocycles. The lowest BCUT2D eigenvalue weighted by molar-refractivity contribution is 0.103. The molecule has 0 aliphatic rings. The lowest BCUT2D eigenvalue weighted by atomic mass is 10.2. The number of sulfonamides is 1. The molecular formula is C24H21BrN2O4S2. The molecule has 170 valence electrons. The molecule has 3 aromatic carbocycles. The van der Waals surface area contributed by atoms with E-state index in [1.54, 1.807) is 36.4 Å². The van der Waals surface area contributed by atoms with Crippen molar-refractivity contribution in [2.75, 3.05) is 23.8 Å². The van der Waals surface area contributed by atoms with E-state index in [1.165, 1.54) is 29.8 Å². The lowest BCUT2D eigenvalue weighted by Crippen LogP contribution is -2.27. The number of nitrogens with zero attached hydrogens (tertiary/aromatic N) is 1. The van der Waals surface area contributed by atoms with Gasteiger partial charge in [-0.1, -0.05) is 28.1 Å². The molecular weight excluding hydrogens is 524 g/mol. The number of hydrogen-bond donors (Lipinski definition) is 1. The van der Waals surface area contributed by atoms with Crippen LogP contribution in [0.5, 0.6) is 5.75 Å². The summed E-state index contributed by atoms with van der Waals surface area (Å²) in [5, 5.41) is 3.67. The Hall–Kier alpha value is -2.88. The SMILES string of the molecule is COc1ccc(C)cc1S(=O)(=O)N(C)c1ccc2sc(C(=O)Nc3cccc(Br)c3)cc2c1. The highest BCUT2D eigenvalue weighted by Gasteiger charge is 2.26. The molecule has 6 nitrogen and oxygen atoms in total. The van der Waals surface area contributed by atoms with E-state index in [9.17, 15) is 13.2 Å². The molecule has 0 bridgehead atoms. The molecule has 0 fully saturated rings. The average molecular weight is 545 g/mol. The van der Waals surface area contributed by atoms with Crippen LogP contribution < -0.4 is 14.4 Å². The maximum atomic E-state index is 13.3. The van der Waals surface area contributed by atoms with Gasteiger partial charge in [0.2, 0.25) is 0 Å². The summed E-state index contributed by atoms with van der Waals surface area (Å²) in [5.41, 5.74) is 1.99. The highest BCUT2D eigenvalue weighted by molar-refractivity contribution is 9.10. The number of amides is 1. The van der Waals surface area contributed by atoms with Gasteiger partial charge >= 0.3 is 0 Å². The zero-order valence-electron chi connectivity index (χ0n) is 18.1. The van der Waals surface area contributed by atoms with Crippen molar-refractivity contribution in [3.63, 3.8) is 0 Å². The van der Waals surface area contributed by atoms with Crippen molar-refractivity contribution in [1.29, 1.82) is 0 Å². The van der Waals surface area contributed by atoms with Gasteiger partial charge in [-0.15, -0.1) is 11.3 Å². The number of benzene rings is 3. The zero-order valence-corrected chi connectivity index (χ0v) is 21.3. The number of aryl methyl sites for hydroxylation is 1. The molecule has 0 saturated heterocycles. The largest absolute Gasteiger partial charge is 0.495 e. The number of carbonyl (C=O) groups excluding carboxylic acids is 1. The molecule has 4 rings (SSSR count).